The molecule has 0 aliphatic heterocycles. The summed E-state index contributed by atoms with van der Waals surface area (Å²) in [6.45, 7) is 2.56. The molecule has 1 aromatic carbocycles. The Morgan fingerprint density at radius 3 is 3.05 bits per heavy atom. The Hall–Kier alpha value is -3.06. The lowest BCUT2D eigenvalue weighted by Gasteiger charge is -2.03. The summed E-state index contributed by atoms with van der Waals surface area (Å²) in [5, 5.41) is 10.5. The third kappa shape index (κ3) is 2.70. The van der Waals surface area contributed by atoms with E-state index < -0.39 is 0 Å². The minimum absolute atomic E-state index is 0.591. The van der Waals surface area contributed by atoms with Gasteiger partial charge >= 0.3 is 0 Å². The van der Waals surface area contributed by atoms with E-state index in [9.17, 15) is 5.26 Å². The molecule has 1 N–H and O–H groups in total. The number of rotatable bonds is 4. The van der Waals surface area contributed by atoms with Gasteiger partial charge in [-0.25, -0.2) is 0 Å². The number of hydrogen-bond acceptors (Lipinski definition) is 3. The predicted octanol–water partition coefficient (Wildman–Crippen LogP) is 4.03. The van der Waals surface area contributed by atoms with Crippen molar-refractivity contribution in [1.82, 2.24) is 9.97 Å². The molecule has 0 aliphatic rings. The van der Waals surface area contributed by atoms with E-state index in [1.165, 1.54) is 0 Å². The van der Waals surface area contributed by atoms with Crippen molar-refractivity contribution in [3.05, 3.63) is 60.0 Å². The van der Waals surface area contributed by atoms with Crippen molar-refractivity contribution >= 4 is 22.6 Å². The van der Waals surface area contributed by atoms with Gasteiger partial charge < -0.3 is 9.72 Å². The van der Waals surface area contributed by atoms with Crippen LogP contribution in [0.4, 0.5) is 0 Å². The fourth-order valence-corrected chi connectivity index (χ4v) is 2.38. The molecule has 0 radical (unpaired) electrons. The largest absolute Gasteiger partial charge is 0.494 e. The Bertz CT molecular complexity index is 857. The van der Waals surface area contributed by atoms with Gasteiger partial charge in [-0.2, -0.15) is 5.26 Å². The quantitative estimate of drug-likeness (QED) is 0.738. The maximum atomic E-state index is 9.51. The monoisotopic (exact) mass is 289 g/mol. The number of fused-ring (bicyclic) bond motifs is 1. The molecule has 108 valence electrons. The summed E-state index contributed by atoms with van der Waals surface area (Å²) in [4.78, 5) is 7.27. The molecule has 0 atom stereocenters. The summed E-state index contributed by atoms with van der Waals surface area (Å²) >= 11 is 0. The Morgan fingerprint density at radius 2 is 2.32 bits per heavy atom. The molecule has 2 aromatic heterocycles. The van der Waals surface area contributed by atoms with Gasteiger partial charge in [-0.15, -0.1) is 0 Å². The molecule has 0 spiro atoms. The smallest absolute Gasteiger partial charge is 0.120 e. The molecule has 4 heteroatoms. The zero-order valence-corrected chi connectivity index (χ0v) is 12.2. The highest BCUT2D eigenvalue weighted by Crippen LogP contribution is 2.29. The minimum Gasteiger partial charge on any atom is -0.494 e. The number of allylic oxidation sites excluding steroid dienone is 1. The predicted molar refractivity (Wildman–Crippen MR) is 87.2 cm³/mol. The SMILES string of the molecule is CCOc1ccc2[nH]cc(/C(C#N)=C/c3cccnc3)c2c1. The number of pyridine rings is 1. The van der Waals surface area contributed by atoms with Crippen LogP contribution in [-0.2, 0) is 0 Å². The summed E-state index contributed by atoms with van der Waals surface area (Å²) in [5.41, 5.74) is 3.33. The maximum Gasteiger partial charge on any atom is 0.120 e. The molecular formula is C18H15N3O. The van der Waals surface area contributed by atoms with Crippen molar-refractivity contribution in [2.24, 2.45) is 0 Å². The molecule has 2 heterocycles. The van der Waals surface area contributed by atoms with Gasteiger partial charge in [-0.1, -0.05) is 6.07 Å². The van der Waals surface area contributed by atoms with Gasteiger partial charge in [-0.05, 0) is 42.8 Å². The summed E-state index contributed by atoms with van der Waals surface area (Å²) in [6, 6.07) is 11.9. The topological polar surface area (TPSA) is 61.7 Å². The summed E-state index contributed by atoms with van der Waals surface area (Å²) < 4.78 is 5.54. The maximum absolute atomic E-state index is 9.51. The molecule has 0 unspecified atom stereocenters. The molecule has 3 aromatic rings. The van der Waals surface area contributed by atoms with E-state index in [4.69, 9.17) is 4.74 Å². The minimum atomic E-state index is 0.591. The van der Waals surface area contributed by atoms with E-state index in [2.05, 4.69) is 16.0 Å². The third-order valence-electron chi connectivity index (χ3n) is 3.37. The van der Waals surface area contributed by atoms with Crippen LogP contribution < -0.4 is 4.74 Å². The second-order valence-corrected chi connectivity index (χ2v) is 4.80. The second kappa shape index (κ2) is 6.15. The number of nitriles is 1. The molecule has 0 fully saturated rings. The molecule has 0 amide bonds. The standard InChI is InChI=1S/C18H15N3O/c1-2-22-15-5-6-18-16(9-15)17(12-21-18)14(10-19)8-13-4-3-7-20-11-13/h3-9,11-12,21H,2H2,1H3/b14-8+. The van der Waals surface area contributed by atoms with Gasteiger partial charge in [0.25, 0.3) is 0 Å². The van der Waals surface area contributed by atoms with Gasteiger partial charge in [0.05, 0.1) is 18.2 Å². The lowest BCUT2D eigenvalue weighted by atomic mass is 10.0. The number of aromatic nitrogens is 2. The van der Waals surface area contributed by atoms with E-state index >= 15 is 0 Å². The number of nitrogens with zero attached hydrogens (tertiary/aromatic N) is 2. The van der Waals surface area contributed by atoms with Crippen LogP contribution in [0.15, 0.2) is 48.9 Å². The summed E-state index contributed by atoms with van der Waals surface area (Å²) in [7, 11) is 0. The van der Waals surface area contributed by atoms with Gasteiger partial charge in [0.15, 0.2) is 0 Å². The number of benzene rings is 1. The average Bonchev–Trinajstić information content (AvgIpc) is 2.97. The molecule has 22 heavy (non-hydrogen) atoms. The van der Waals surface area contributed by atoms with Crippen LogP contribution >= 0.6 is 0 Å². The fraction of sp³-hybridized carbons (Fsp3) is 0.111. The highest BCUT2D eigenvalue weighted by molar-refractivity contribution is 6.01. The molecule has 3 rings (SSSR count). The van der Waals surface area contributed by atoms with Crippen LogP contribution in [0.5, 0.6) is 5.75 Å². The molecule has 4 nitrogen and oxygen atoms in total. The molecule has 0 saturated carbocycles. The molecular weight excluding hydrogens is 274 g/mol. The molecule has 0 bridgehead atoms. The van der Waals surface area contributed by atoms with Crippen LogP contribution in [0.1, 0.15) is 18.1 Å². The van der Waals surface area contributed by atoms with E-state index in [0.717, 1.165) is 27.8 Å². The van der Waals surface area contributed by atoms with Crippen molar-refractivity contribution in [3.8, 4) is 11.8 Å². The van der Waals surface area contributed by atoms with Crippen LogP contribution in [0, 0.1) is 11.3 Å². The van der Waals surface area contributed by atoms with Crippen LogP contribution in [0.25, 0.3) is 22.6 Å². The second-order valence-electron chi connectivity index (χ2n) is 4.80. The van der Waals surface area contributed by atoms with Gasteiger partial charge in [0.1, 0.15) is 5.75 Å². The Labute approximate surface area is 128 Å². The molecule has 0 saturated heterocycles. The number of hydrogen-bond donors (Lipinski definition) is 1. The van der Waals surface area contributed by atoms with E-state index in [1.807, 2.05) is 49.5 Å². The normalized spacial score (nSPS) is 11.4. The number of aromatic amines is 1. The first kappa shape index (κ1) is 13.9. The Kier molecular flexibility index (Phi) is 3.88. The number of H-pyrrole nitrogens is 1. The first-order chi connectivity index (χ1) is 10.8. The lowest BCUT2D eigenvalue weighted by Crippen LogP contribution is -1.90. The van der Waals surface area contributed by atoms with Gasteiger partial charge in [-0.3, -0.25) is 4.98 Å². The fourth-order valence-electron chi connectivity index (χ4n) is 2.38. The van der Waals surface area contributed by atoms with Crippen molar-refractivity contribution < 1.29 is 4.74 Å². The summed E-state index contributed by atoms with van der Waals surface area (Å²) in [5.74, 6) is 0.800. The number of ether oxygens (including phenoxy) is 1. The highest BCUT2D eigenvalue weighted by atomic mass is 16.5. The lowest BCUT2D eigenvalue weighted by molar-refractivity contribution is 0.341. The van der Waals surface area contributed by atoms with Crippen molar-refractivity contribution in [2.75, 3.05) is 6.61 Å². The van der Waals surface area contributed by atoms with E-state index in [0.29, 0.717) is 12.2 Å². The van der Waals surface area contributed by atoms with Crippen molar-refractivity contribution in [2.45, 2.75) is 6.92 Å². The van der Waals surface area contributed by atoms with Crippen LogP contribution in [0.2, 0.25) is 0 Å². The van der Waals surface area contributed by atoms with Crippen LogP contribution in [-0.4, -0.2) is 16.6 Å². The summed E-state index contributed by atoms with van der Waals surface area (Å²) in [6.07, 6.45) is 7.13. The zero-order valence-electron chi connectivity index (χ0n) is 12.2. The van der Waals surface area contributed by atoms with Crippen molar-refractivity contribution in [3.63, 3.8) is 0 Å². The van der Waals surface area contributed by atoms with Crippen LogP contribution in [0.3, 0.4) is 0 Å². The average molecular weight is 289 g/mol. The van der Waals surface area contributed by atoms with Gasteiger partial charge in [0.2, 0.25) is 0 Å². The van der Waals surface area contributed by atoms with E-state index in [1.54, 1.807) is 12.4 Å². The zero-order chi connectivity index (χ0) is 15.4. The highest BCUT2D eigenvalue weighted by Gasteiger charge is 2.10. The van der Waals surface area contributed by atoms with E-state index in [-0.39, 0.29) is 0 Å². The Balaban J connectivity index is 2.09. The first-order valence-electron chi connectivity index (χ1n) is 7.08. The Morgan fingerprint density at radius 1 is 1.41 bits per heavy atom. The van der Waals surface area contributed by atoms with Crippen molar-refractivity contribution in [1.29, 1.82) is 5.26 Å². The third-order valence-corrected chi connectivity index (χ3v) is 3.37. The first-order valence-corrected chi connectivity index (χ1v) is 7.08. The molecule has 0 aliphatic carbocycles. The van der Waals surface area contributed by atoms with Gasteiger partial charge in [0, 0.05) is 35.1 Å². The number of nitrogens with one attached hydrogen (secondary N) is 1.